The lowest BCUT2D eigenvalue weighted by molar-refractivity contribution is -0.274. The summed E-state index contributed by atoms with van der Waals surface area (Å²) in [4.78, 5) is 4.16. The fourth-order valence-corrected chi connectivity index (χ4v) is 2.41. The van der Waals surface area contributed by atoms with E-state index in [4.69, 9.17) is 4.74 Å². The lowest BCUT2D eigenvalue weighted by atomic mass is 10.0. The van der Waals surface area contributed by atoms with E-state index in [2.05, 4.69) is 9.72 Å². The van der Waals surface area contributed by atoms with E-state index in [0.717, 1.165) is 17.7 Å². The van der Waals surface area contributed by atoms with Crippen molar-refractivity contribution in [3.63, 3.8) is 0 Å². The largest absolute Gasteiger partial charge is 0.573 e. The molecule has 0 spiro atoms. The Morgan fingerprint density at radius 1 is 1.00 bits per heavy atom. The van der Waals surface area contributed by atoms with Gasteiger partial charge in [-0.05, 0) is 29.8 Å². The topological polar surface area (TPSA) is 55.1 Å². The van der Waals surface area contributed by atoms with Gasteiger partial charge in [0.05, 0.1) is 11.6 Å². The molecular weight excluding hydrogens is 357 g/mol. The number of aromatic nitrogens is 1. The Kier molecular flexibility index (Phi) is 5.27. The molecule has 0 aliphatic rings. The predicted molar refractivity (Wildman–Crippen MR) is 91.8 cm³/mol. The van der Waals surface area contributed by atoms with Gasteiger partial charge in [-0.1, -0.05) is 30.3 Å². The number of hydrogen-bond donors (Lipinski definition) is 0. The Balaban J connectivity index is 1.79. The van der Waals surface area contributed by atoms with E-state index in [1.165, 1.54) is 12.3 Å². The fourth-order valence-electron chi connectivity index (χ4n) is 2.41. The predicted octanol–water partition coefficient (Wildman–Crippen LogP) is 5.10. The second-order valence-corrected chi connectivity index (χ2v) is 5.53. The number of rotatable bonds is 5. The van der Waals surface area contributed by atoms with Crippen molar-refractivity contribution in [1.82, 2.24) is 4.98 Å². The molecule has 7 heteroatoms. The van der Waals surface area contributed by atoms with Crippen LogP contribution in [0.5, 0.6) is 11.6 Å². The van der Waals surface area contributed by atoms with E-state index in [-0.39, 0.29) is 5.56 Å². The molecule has 0 atom stereocenters. The average molecular weight is 370 g/mol. The average Bonchev–Trinajstić information content (AvgIpc) is 2.66. The number of hydrogen-bond acceptors (Lipinski definition) is 4. The van der Waals surface area contributed by atoms with Crippen LogP contribution >= 0.6 is 0 Å². The van der Waals surface area contributed by atoms with Gasteiger partial charge in [0.25, 0.3) is 0 Å². The lowest BCUT2D eigenvalue weighted by Crippen LogP contribution is -2.17. The van der Waals surface area contributed by atoms with E-state index >= 15 is 0 Å². The van der Waals surface area contributed by atoms with Crippen molar-refractivity contribution in [2.75, 3.05) is 0 Å². The monoisotopic (exact) mass is 370 g/mol. The highest BCUT2D eigenvalue weighted by Gasteiger charge is 2.31. The zero-order valence-corrected chi connectivity index (χ0v) is 13.9. The maximum atomic E-state index is 12.4. The number of ether oxygens (including phenoxy) is 2. The number of benzene rings is 2. The number of alkyl halides is 3. The molecule has 0 N–H and O–H groups in total. The Hall–Kier alpha value is -3.53. The third kappa shape index (κ3) is 4.98. The van der Waals surface area contributed by atoms with E-state index < -0.39 is 12.1 Å². The molecule has 0 unspecified atom stereocenters. The lowest BCUT2D eigenvalue weighted by Gasteiger charge is -2.11. The van der Waals surface area contributed by atoms with Gasteiger partial charge in [-0.15, -0.1) is 13.2 Å². The molecule has 0 fully saturated rings. The van der Waals surface area contributed by atoms with Gasteiger partial charge in [-0.3, -0.25) is 0 Å². The van der Waals surface area contributed by atoms with Gasteiger partial charge in [0.15, 0.2) is 0 Å². The first-order valence-corrected chi connectivity index (χ1v) is 7.88. The van der Waals surface area contributed by atoms with Crippen LogP contribution < -0.4 is 9.47 Å². The second-order valence-electron chi connectivity index (χ2n) is 5.53. The van der Waals surface area contributed by atoms with Crippen LogP contribution in [-0.2, 0) is 6.61 Å². The van der Waals surface area contributed by atoms with Crippen molar-refractivity contribution in [2.45, 2.75) is 13.0 Å². The number of nitrogens with zero attached hydrogens (tertiary/aromatic N) is 2. The Labute approximate surface area is 153 Å². The summed E-state index contributed by atoms with van der Waals surface area (Å²) in [7, 11) is 0. The molecular formula is C20H13F3N2O2. The minimum atomic E-state index is -4.81. The van der Waals surface area contributed by atoms with Crippen LogP contribution in [0.1, 0.15) is 11.1 Å². The molecule has 136 valence electrons. The van der Waals surface area contributed by atoms with Crippen molar-refractivity contribution in [3.8, 4) is 28.8 Å². The molecule has 2 aromatic carbocycles. The van der Waals surface area contributed by atoms with Crippen molar-refractivity contribution < 1.29 is 22.6 Å². The standard InChI is InChI=1S/C20H13F3N2O2/c21-20(22,23)27-17-8-6-15(11-24)18(10-17)16-7-9-19(25-12-16)26-13-14-4-2-1-3-5-14/h1-10,12H,13H2. The molecule has 0 aliphatic carbocycles. The Bertz CT molecular complexity index is 950. The summed E-state index contributed by atoms with van der Waals surface area (Å²) >= 11 is 0. The molecule has 0 saturated carbocycles. The van der Waals surface area contributed by atoms with Gasteiger partial charge in [0.2, 0.25) is 5.88 Å². The highest BCUT2D eigenvalue weighted by Crippen LogP contribution is 2.31. The summed E-state index contributed by atoms with van der Waals surface area (Å²) < 4.78 is 46.8. The molecule has 0 radical (unpaired) electrons. The summed E-state index contributed by atoms with van der Waals surface area (Å²) in [5, 5.41) is 9.21. The smallest absolute Gasteiger partial charge is 0.473 e. The van der Waals surface area contributed by atoms with Crippen LogP contribution in [0.2, 0.25) is 0 Å². The first kappa shape index (κ1) is 18.3. The maximum Gasteiger partial charge on any atom is 0.573 e. The van der Waals surface area contributed by atoms with Crippen molar-refractivity contribution >= 4 is 0 Å². The molecule has 0 bridgehead atoms. The third-order valence-corrected chi connectivity index (χ3v) is 3.62. The van der Waals surface area contributed by atoms with Crippen LogP contribution in [0.4, 0.5) is 13.2 Å². The summed E-state index contributed by atoms with van der Waals surface area (Å²) in [6, 6.07) is 18.2. The first-order chi connectivity index (χ1) is 12.9. The van der Waals surface area contributed by atoms with Crippen molar-refractivity contribution in [2.24, 2.45) is 0 Å². The van der Waals surface area contributed by atoms with E-state index in [0.29, 0.717) is 23.6 Å². The summed E-state index contributed by atoms with van der Waals surface area (Å²) in [6.45, 7) is 0.339. The minimum Gasteiger partial charge on any atom is -0.473 e. The van der Waals surface area contributed by atoms with Gasteiger partial charge in [-0.2, -0.15) is 5.26 Å². The molecule has 3 aromatic rings. The molecule has 0 amide bonds. The van der Waals surface area contributed by atoms with E-state index in [9.17, 15) is 18.4 Å². The first-order valence-electron chi connectivity index (χ1n) is 7.88. The number of nitriles is 1. The quantitative estimate of drug-likeness (QED) is 0.627. The van der Waals surface area contributed by atoms with Gasteiger partial charge >= 0.3 is 6.36 Å². The molecule has 4 nitrogen and oxygen atoms in total. The molecule has 1 aromatic heterocycles. The highest BCUT2D eigenvalue weighted by molar-refractivity contribution is 5.71. The highest BCUT2D eigenvalue weighted by atomic mass is 19.4. The zero-order chi connectivity index (χ0) is 19.3. The summed E-state index contributed by atoms with van der Waals surface area (Å²) in [6.07, 6.45) is -3.37. The molecule has 3 rings (SSSR count). The normalized spacial score (nSPS) is 10.9. The van der Waals surface area contributed by atoms with Gasteiger partial charge in [0.1, 0.15) is 12.4 Å². The summed E-state index contributed by atoms with van der Waals surface area (Å²) in [5.41, 5.74) is 1.96. The van der Waals surface area contributed by atoms with E-state index in [1.807, 2.05) is 36.4 Å². The Morgan fingerprint density at radius 3 is 2.41 bits per heavy atom. The SMILES string of the molecule is N#Cc1ccc(OC(F)(F)F)cc1-c1ccc(OCc2ccccc2)nc1. The van der Waals surface area contributed by atoms with Crippen LogP contribution in [0, 0.1) is 11.3 Å². The molecule has 1 heterocycles. The van der Waals surface area contributed by atoms with Crippen LogP contribution in [-0.4, -0.2) is 11.3 Å². The van der Waals surface area contributed by atoms with Gasteiger partial charge in [-0.25, -0.2) is 4.98 Å². The third-order valence-electron chi connectivity index (χ3n) is 3.62. The number of halogens is 3. The van der Waals surface area contributed by atoms with E-state index in [1.54, 1.807) is 12.1 Å². The van der Waals surface area contributed by atoms with Crippen molar-refractivity contribution in [1.29, 1.82) is 5.26 Å². The Morgan fingerprint density at radius 2 is 1.78 bits per heavy atom. The zero-order valence-electron chi connectivity index (χ0n) is 13.9. The second kappa shape index (κ2) is 7.79. The van der Waals surface area contributed by atoms with Crippen molar-refractivity contribution in [3.05, 3.63) is 78.0 Å². The van der Waals surface area contributed by atoms with Gasteiger partial charge < -0.3 is 9.47 Å². The molecule has 27 heavy (non-hydrogen) atoms. The molecule has 0 saturated heterocycles. The van der Waals surface area contributed by atoms with Gasteiger partial charge in [0, 0.05) is 23.4 Å². The fraction of sp³-hybridized carbons (Fsp3) is 0.100. The molecule has 0 aliphatic heterocycles. The van der Waals surface area contributed by atoms with Crippen LogP contribution in [0.15, 0.2) is 66.9 Å². The number of pyridine rings is 1. The van der Waals surface area contributed by atoms with Crippen LogP contribution in [0.3, 0.4) is 0 Å². The minimum absolute atomic E-state index is 0.212. The van der Waals surface area contributed by atoms with Crippen LogP contribution in [0.25, 0.3) is 11.1 Å². The summed E-state index contributed by atoms with van der Waals surface area (Å²) in [5.74, 6) is -0.0373. The maximum absolute atomic E-state index is 12.4.